The topological polar surface area (TPSA) is 118 Å². The van der Waals surface area contributed by atoms with Crippen molar-refractivity contribution in [1.82, 2.24) is 19.9 Å². The summed E-state index contributed by atoms with van der Waals surface area (Å²) in [4.78, 5) is 28.5. The van der Waals surface area contributed by atoms with E-state index in [9.17, 15) is 18.0 Å². The second kappa shape index (κ2) is 9.54. The Hall–Kier alpha value is -2.82. The lowest BCUT2D eigenvalue weighted by molar-refractivity contribution is -0.139. The molecule has 0 spiro atoms. The van der Waals surface area contributed by atoms with Gasteiger partial charge in [-0.2, -0.15) is 4.31 Å². The predicted molar refractivity (Wildman–Crippen MR) is 113 cm³/mol. The van der Waals surface area contributed by atoms with Crippen molar-refractivity contribution < 1.29 is 22.7 Å². The number of pyridine rings is 1. The summed E-state index contributed by atoms with van der Waals surface area (Å²) >= 11 is 0. The lowest BCUT2D eigenvalue weighted by atomic mass is 10.1. The van der Waals surface area contributed by atoms with Crippen molar-refractivity contribution in [3.63, 3.8) is 0 Å². The zero-order valence-electron chi connectivity index (χ0n) is 17.7. The van der Waals surface area contributed by atoms with Gasteiger partial charge in [-0.1, -0.05) is 23.8 Å². The first-order valence-electron chi connectivity index (χ1n) is 9.87. The zero-order valence-corrected chi connectivity index (χ0v) is 18.5. The maximum Gasteiger partial charge on any atom is 0.309 e. The van der Waals surface area contributed by atoms with Gasteiger partial charge in [-0.15, -0.1) is 0 Å². The van der Waals surface area contributed by atoms with Gasteiger partial charge >= 0.3 is 11.8 Å². The molecule has 3 rings (SSSR count). The number of carbonyl (C=O) groups excluding carboxylic acids is 2. The molecule has 0 saturated carbocycles. The van der Waals surface area contributed by atoms with Crippen molar-refractivity contribution >= 4 is 21.8 Å². The van der Waals surface area contributed by atoms with Crippen molar-refractivity contribution in [2.24, 2.45) is 0 Å². The first-order valence-corrected chi connectivity index (χ1v) is 11.3. The zero-order chi connectivity index (χ0) is 22.6. The molecule has 0 bridgehead atoms. The molecule has 166 valence electrons. The number of carbonyl (C=O) groups is 2. The number of aryl methyl sites for hydroxylation is 3. The molecule has 1 aliphatic heterocycles. The van der Waals surface area contributed by atoms with E-state index in [2.05, 4.69) is 15.6 Å². The molecule has 9 nitrogen and oxygen atoms in total. The Bertz CT molecular complexity index is 1050. The number of nitrogens with one attached hydrogen (secondary N) is 2. The van der Waals surface area contributed by atoms with E-state index in [0.717, 1.165) is 5.56 Å². The molecule has 1 atom stereocenters. The van der Waals surface area contributed by atoms with Crippen LogP contribution in [-0.2, 0) is 30.9 Å². The summed E-state index contributed by atoms with van der Waals surface area (Å²) < 4.78 is 33.3. The molecular weight excluding hydrogens is 420 g/mol. The van der Waals surface area contributed by atoms with Crippen molar-refractivity contribution in [2.45, 2.75) is 38.4 Å². The highest BCUT2D eigenvalue weighted by atomic mass is 32.2. The molecule has 2 N–H and O–H groups in total. The number of rotatable bonds is 6. The number of hydrogen-bond acceptors (Lipinski definition) is 6. The van der Waals surface area contributed by atoms with Crippen LogP contribution < -0.4 is 10.6 Å². The number of benzene rings is 1. The Balaban J connectivity index is 1.63. The highest BCUT2D eigenvalue weighted by Crippen LogP contribution is 2.28. The van der Waals surface area contributed by atoms with Gasteiger partial charge in [-0.3, -0.25) is 14.6 Å². The fourth-order valence-electron chi connectivity index (χ4n) is 3.65. The van der Waals surface area contributed by atoms with Crippen LogP contribution in [0.5, 0.6) is 0 Å². The van der Waals surface area contributed by atoms with Crippen LogP contribution in [0.3, 0.4) is 0 Å². The molecule has 0 radical (unpaired) electrons. The predicted octanol–water partition coefficient (Wildman–Crippen LogP) is 0.786. The first kappa shape index (κ1) is 22.9. The maximum absolute atomic E-state index is 13.3. The Kier molecular flexibility index (Phi) is 7.04. The molecule has 2 amide bonds. The minimum absolute atomic E-state index is 0.111. The second-order valence-corrected chi connectivity index (χ2v) is 9.21. The molecule has 31 heavy (non-hydrogen) atoms. The van der Waals surface area contributed by atoms with E-state index in [1.165, 1.54) is 4.31 Å². The first-order chi connectivity index (χ1) is 14.7. The summed E-state index contributed by atoms with van der Waals surface area (Å²) in [5, 5.41) is 4.93. The monoisotopic (exact) mass is 446 g/mol. The van der Waals surface area contributed by atoms with E-state index in [-0.39, 0.29) is 31.1 Å². The average molecular weight is 447 g/mol. The van der Waals surface area contributed by atoms with Crippen molar-refractivity contribution in [1.29, 1.82) is 0 Å². The van der Waals surface area contributed by atoms with Crippen molar-refractivity contribution in [3.05, 3.63) is 58.9 Å². The number of amides is 2. The van der Waals surface area contributed by atoms with Gasteiger partial charge in [0.25, 0.3) is 0 Å². The molecule has 10 heteroatoms. The molecule has 1 aromatic heterocycles. The standard InChI is InChI=1S/C21H26N4O5S/c1-14-10-15(2)19(16(3)11-14)31(28,29)25-8-9-30-18(25)13-24-21(27)20(26)23-12-17-6-4-5-7-22-17/h4-7,10-11,18H,8-9,12-13H2,1-3H3,(H,23,26)(H,24,27)/t18-/m1/s1. The van der Waals surface area contributed by atoms with Gasteiger partial charge in [0, 0.05) is 12.7 Å². The van der Waals surface area contributed by atoms with Gasteiger partial charge in [0.2, 0.25) is 10.0 Å². The van der Waals surface area contributed by atoms with Crippen molar-refractivity contribution in [3.8, 4) is 0 Å². The molecule has 1 saturated heterocycles. The third-order valence-corrected chi connectivity index (χ3v) is 7.11. The molecule has 1 aromatic carbocycles. The van der Waals surface area contributed by atoms with E-state index >= 15 is 0 Å². The number of aromatic nitrogens is 1. The summed E-state index contributed by atoms with van der Waals surface area (Å²) in [7, 11) is -3.83. The molecule has 2 heterocycles. The number of hydrogen-bond donors (Lipinski definition) is 2. The third kappa shape index (κ3) is 5.27. The Labute approximate surface area is 181 Å². The van der Waals surface area contributed by atoms with Crippen LogP contribution in [0.15, 0.2) is 41.4 Å². The largest absolute Gasteiger partial charge is 0.359 e. The van der Waals surface area contributed by atoms with Gasteiger partial charge in [0.15, 0.2) is 0 Å². The number of sulfonamides is 1. The average Bonchev–Trinajstić information content (AvgIpc) is 3.19. The SMILES string of the molecule is Cc1cc(C)c(S(=O)(=O)N2CCO[C@@H]2CNC(=O)C(=O)NCc2ccccn2)c(C)c1. The molecule has 0 unspecified atom stereocenters. The Morgan fingerprint density at radius 1 is 1.13 bits per heavy atom. The molecule has 0 aliphatic carbocycles. The van der Waals surface area contributed by atoms with Crippen LogP contribution in [0.1, 0.15) is 22.4 Å². The molecule has 1 aliphatic rings. The summed E-state index contributed by atoms with van der Waals surface area (Å²) in [6.45, 7) is 5.77. The van der Waals surface area contributed by atoms with Crippen LogP contribution in [-0.4, -0.2) is 55.4 Å². The fourth-order valence-corrected chi connectivity index (χ4v) is 5.57. The quantitative estimate of drug-likeness (QED) is 0.634. The second-order valence-electron chi connectivity index (χ2n) is 7.38. The number of ether oxygens (including phenoxy) is 1. The maximum atomic E-state index is 13.3. The molecular formula is C21H26N4O5S. The lowest BCUT2D eigenvalue weighted by Gasteiger charge is -2.24. The molecule has 2 aromatic rings. The summed E-state index contributed by atoms with van der Waals surface area (Å²) in [5.41, 5.74) is 2.90. The smallest absolute Gasteiger partial charge is 0.309 e. The van der Waals surface area contributed by atoms with Crippen LogP contribution in [0, 0.1) is 20.8 Å². The van der Waals surface area contributed by atoms with Crippen LogP contribution >= 0.6 is 0 Å². The van der Waals surface area contributed by atoms with E-state index in [1.54, 1.807) is 38.2 Å². The van der Waals surface area contributed by atoms with E-state index in [1.807, 2.05) is 19.1 Å². The minimum Gasteiger partial charge on any atom is -0.359 e. The van der Waals surface area contributed by atoms with Gasteiger partial charge in [0.1, 0.15) is 6.23 Å². The van der Waals surface area contributed by atoms with Gasteiger partial charge in [-0.25, -0.2) is 8.42 Å². The summed E-state index contributed by atoms with van der Waals surface area (Å²) in [5.74, 6) is -1.70. The van der Waals surface area contributed by atoms with E-state index in [0.29, 0.717) is 16.8 Å². The van der Waals surface area contributed by atoms with Gasteiger partial charge in [0.05, 0.1) is 30.3 Å². The van der Waals surface area contributed by atoms with Gasteiger partial charge < -0.3 is 15.4 Å². The third-order valence-electron chi connectivity index (χ3n) is 4.91. The van der Waals surface area contributed by atoms with Crippen LogP contribution in [0.25, 0.3) is 0 Å². The highest BCUT2D eigenvalue weighted by molar-refractivity contribution is 7.89. The summed E-state index contributed by atoms with van der Waals surface area (Å²) in [6, 6.07) is 8.89. The normalized spacial score (nSPS) is 16.8. The number of nitrogens with zero attached hydrogens (tertiary/aromatic N) is 2. The van der Waals surface area contributed by atoms with Gasteiger partial charge in [-0.05, 0) is 44.0 Å². The van der Waals surface area contributed by atoms with Crippen LogP contribution in [0.4, 0.5) is 0 Å². The van der Waals surface area contributed by atoms with E-state index < -0.39 is 28.1 Å². The Morgan fingerprint density at radius 3 is 2.45 bits per heavy atom. The summed E-state index contributed by atoms with van der Waals surface area (Å²) in [6.07, 6.45) is 0.698. The molecule has 1 fully saturated rings. The van der Waals surface area contributed by atoms with E-state index in [4.69, 9.17) is 4.74 Å². The fraction of sp³-hybridized carbons (Fsp3) is 0.381. The van der Waals surface area contributed by atoms with Crippen molar-refractivity contribution in [2.75, 3.05) is 19.7 Å². The Morgan fingerprint density at radius 2 is 1.81 bits per heavy atom. The highest BCUT2D eigenvalue weighted by Gasteiger charge is 2.38. The van der Waals surface area contributed by atoms with Crippen LogP contribution in [0.2, 0.25) is 0 Å². The minimum atomic E-state index is -3.83. The lowest BCUT2D eigenvalue weighted by Crippen LogP contribution is -2.47.